The predicted molar refractivity (Wildman–Crippen MR) is 260 cm³/mol. The number of Topliss-reactive ketones (excluding diaryl/α,β-unsaturated/α-hetero) is 2. The summed E-state index contributed by atoms with van der Waals surface area (Å²) in [6, 6.07) is 5.89. The van der Waals surface area contributed by atoms with Gasteiger partial charge in [0.15, 0.2) is 34.6 Å². The van der Waals surface area contributed by atoms with Crippen LogP contribution in [0.2, 0.25) is 0 Å². The maximum Gasteiger partial charge on any atom is 0.343 e. The highest BCUT2D eigenvalue weighted by Gasteiger charge is 2.80. The van der Waals surface area contributed by atoms with E-state index in [2.05, 4.69) is 10.9 Å². The van der Waals surface area contributed by atoms with Gasteiger partial charge >= 0.3 is 18.0 Å². The lowest BCUT2D eigenvalue weighted by Gasteiger charge is -2.66. The summed E-state index contributed by atoms with van der Waals surface area (Å²) in [4.78, 5) is 62.3. The number of benzene rings is 2. The number of hydrogen-bond donors (Lipinski definition) is 5. The molecule has 0 aromatic heterocycles. The van der Waals surface area contributed by atoms with Crippen molar-refractivity contribution in [3.05, 3.63) is 99.0 Å². The Morgan fingerprint density at radius 2 is 1.67 bits per heavy atom. The Morgan fingerprint density at radius 3 is 2.26 bits per heavy atom. The van der Waals surface area contributed by atoms with Crippen molar-refractivity contribution in [1.29, 1.82) is 5.26 Å². The van der Waals surface area contributed by atoms with Crippen LogP contribution in [0.5, 0.6) is 23.0 Å². The molecule has 3 aliphatic carbocycles. The molecule has 8 unspecified atom stereocenters. The summed E-state index contributed by atoms with van der Waals surface area (Å²) >= 11 is 0. The lowest BCUT2D eigenvalue weighted by Crippen LogP contribution is -2.82. The van der Waals surface area contributed by atoms with Crippen LogP contribution in [0.25, 0.3) is 10.9 Å². The summed E-state index contributed by atoms with van der Waals surface area (Å²) in [5.74, 6) is -8.27. The molecule has 2 aromatic rings. The number of esters is 2. The molecule has 3 aliphatic heterocycles. The molecule has 384 valence electrons. The van der Waals surface area contributed by atoms with Gasteiger partial charge < -0.3 is 54.0 Å². The zero-order chi connectivity index (χ0) is 52.8. The van der Waals surface area contributed by atoms with Crippen LogP contribution in [0.4, 0.5) is 0 Å². The standard InChI is InChI=1S/C55H64N2O15/c1-27(2)12-11-21-53(8)22-20-34-46(71-53)33(18-13-28(3)4)48-40(47(34)70-51(65)31-14-16-32(17-15-31)68-52-45(62)44(61)42(59)38(26-58)69-52)43(60)41-39(37(25-56)57-9)35-24-36(29(5)6)55(41,72-48)54(66,49(35)63)23-19-30(7)50(64)67-10/h12-17,19-20,22,29,35-39,41-42,44-45,52,58-59,61-62,66H,11,18,21,23-24,26H2,1-8,10H3/b30-19-/t35?,36?,37?,38-,39?,41?,42-,44+,45-,52-,53?,54?,55?/m0/s1. The van der Waals surface area contributed by atoms with Crippen LogP contribution in [-0.4, -0.2) is 116 Å². The van der Waals surface area contributed by atoms with Gasteiger partial charge in [-0.15, -0.1) is 0 Å². The van der Waals surface area contributed by atoms with Crippen molar-refractivity contribution in [2.45, 2.75) is 141 Å². The molecule has 5 N–H and O–H groups in total. The Morgan fingerprint density at radius 1 is 0.986 bits per heavy atom. The molecular formula is C55H64N2O15. The molecule has 8 rings (SSSR count). The van der Waals surface area contributed by atoms with Gasteiger partial charge in [0.25, 0.3) is 0 Å². The van der Waals surface area contributed by atoms with E-state index in [1.807, 2.05) is 66.7 Å². The van der Waals surface area contributed by atoms with Crippen molar-refractivity contribution >= 4 is 29.6 Å². The van der Waals surface area contributed by atoms with E-state index in [1.165, 1.54) is 44.4 Å². The van der Waals surface area contributed by atoms with Crippen molar-refractivity contribution in [2.24, 2.45) is 29.6 Å². The predicted octanol–water partition coefficient (Wildman–Crippen LogP) is 5.98. The molecular weight excluding hydrogens is 929 g/mol. The Kier molecular flexibility index (Phi) is 15.4. The summed E-state index contributed by atoms with van der Waals surface area (Å²) in [7, 11) is 1.20. The zero-order valence-corrected chi connectivity index (χ0v) is 42.0. The van der Waals surface area contributed by atoms with Gasteiger partial charge in [-0.2, -0.15) is 5.26 Å². The summed E-state index contributed by atoms with van der Waals surface area (Å²) in [6.45, 7) is 22.4. The maximum atomic E-state index is 16.3. The first kappa shape index (κ1) is 53.6. The molecule has 3 heterocycles. The maximum absolute atomic E-state index is 16.3. The van der Waals surface area contributed by atoms with Crippen LogP contribution < -0.4 is 18.9 Å². The van der Waals surface area contributed by atoms with Crippen molar-refractivity contribution in [3.8, 4) is 29.1 Å². The highest BCUT2D eigenvalue weighted by Crippen LogP contribution is 2.67. The van der Waals surface area contributed by atoms with E-state index >= 15 is 9.59 Å². The second kappa shape index (κ2) is 20.7. The molecule has 17 nitrogen and oxygen atoms in total. The number of carbonyl (C=O) groups excluding carboxylic acids is 4. The van der Waals surface area contributed by atoms with E-state index < -0.39 is 114 Å². The van der Waals surface area contributed by atoms with E-state index in [-0.39, 0.29) is 64.0 Å². The molecule has 1 spiro atoms. The molecule has 4 fully saturated rings. The Hall–Kier alpha value is -6.18. The van der Waals surface area contributed by atoms with Gasteiger partial charge in [-0.05, 0) is 110 Å². The van der Waals surface area contributed by atoms with Crippen LogP contribution in [0, 0.1) is 47.5 Å². The second-order valence-electron chi connectivity index (χ2n) is 20.6. The van der Waals surface area contributed by atoms with Crippen molar-refractivity contribution in [2.75, 3.05) is 13.7 Å². The van der Waals surface area contributed by atoms with E-state index in [0.29, 0.717) is 18.4 Å². The summed E-state index contributed by atoms with van der Waals surface area (Å²) in [6.07, 6.45) is 2.01. The van der Waals surface area contributed by atoms with Gasteiger partial charge in [-0.3, -0.25) is 14.4 Å². The molecule has 72 heavy (non-hydrogen) atoms. The highest BCUT2D eigenvalue weighted by atomic mass is 16.7. The number of allylic oxidation sites excluding steroid dienone is 4. The molecule has 3 saturated carbocycles. The number of nitrogens with zero attached hydrogens (tertiary/aromatic N) is 2. The third-order valence-electron chi connectivity index (χ3n) is 14.9. The Labute approximate surface area is 419 Å². The number of rotatable bonds is 15. The third kappa shape index (κ3) is 9.27. The van der Waals surface area contributed by atoms with Gasteiger partial charge in [0.2, 0.25) is 6.29 Å². The highest BCUT2D eigenvalue weighted by molar-refractivity contribution is 6.11. The molecule has 1 saturated heterocycles. The van der Waals surface area contributed by atoms with Crippen molar-refractivity contribution < 1.29 is 73.1 Å². The fraction of sp³-hybridized carbons (Fsp3) is 0.527. The van der Waals surface area contributed by atoms with Crippen LogP contribution in [0.3, 0.4) is 0 Å². The normalized spacial score (nSPS) is 31.6. The van der Waals surface area contributed by atoms with Crippen molar-refractivity contribution in [1.82, 2.24) is 0 Å². The Bertz CT molecular complexity index is 2690. The van der Waals surface area contributed by atoms with Gasteiger partial charge in [0, 0.05) is 29.4 Å². The van der Waals surface area contributed by atoms with Crippen LogP contribution in [0.1, 0.15) is 113 Å². The number of aliphatic hydroxyl groups is 5. The van der Waals surface area contributed by atoms with E-state index in [4.69, 9.17) is 35.0 Å². The lowest BCUT2D eigenvalue weighted by molar-refractivity contribution is -0.277. The quantitative estimate of drug-likeness (QED) is 0.0453. The first-order valence-corrected chi connectivity index (χ1v) is 24.2. The van der Waals surface area contributed by atoms with Gasteiger partial charge in [-0.25, -0.2) is 16.2 Å². The van der Waals surface area contributed by atoms with E-state index in [1.54, 1.807) is 6.08 Å². The summed E-state index contributed by atoms with van der Waals surface area (Å²) < 4.78 is 36.9. The van der Waals surface area contributed by atoms with Gasteiger partial charge in [-0.1, -0.05) is 43.2 Å². The van der Waals surface area contributed by atoms with Gasteiger partial charge in [0.1, 0.15) is 52.8 Å². The number of aliphatic hydroxyl groups excluding tert-OH is 4. The Balaban J connectivity index is 1.45. The van der Waals surface area contributed by atoms with Crippen LogP contribution >= 0.6 is 0 Å². The fourth-order valence-electron chi connectivity index (χ4n) is 11.2. The van der Waals surface area contributed by atoms with Crippen LogP contribution in [-0.2, 0) is 25.5 Å². The largest absolute Gasteiger partial charge is 0.482 e. The topological polar surface area (TPSA) is 253 Å². The number of carbonyl (C=O) groups is 4. The number of ketones is 2. The van der Waals surface area contributed by atoms with Crippen molar-refractivity contribution in [3.63, 3.8) is 0 Å². The molecule has 2 aromatic carbocycles. The number of ether oxygens (including phenoxy) is 6. The van der Waals surface area contributed by atoms with Gasteiger partial charge in [0.05, 0.1) is 36.7 Å². The molecule has 0 amide bonds. The number of fused-ring (bicyclic) bond motifs is 4. The lowest BCUT2D eigenvalue weighted by atomic mass is 9.41. The molecule has 6 aliphatic rings. The average Bonchev–Trinajstić information content (AvgIpc) is 3.34. The molecule has 13 atom stereocenters. The molecule has 2 bridgehead atoms. The first-order valence-electron chi connectivity index (χ1n) is 24.2. The average molecular weight is 993 g/mol. The summed E-state index contributed by atoms with van der Waals surface area (Å²) in [5.41, 5.74) is -3.18. The minimum Gasteiger partial charge on any atom is -0.482 e. The SMILES string of the molecule is [C-]#[N+]C(C#N)C1C2CC(C(C)C)C3(Oc4c(CC=C(C)C)c5c(c(OC(=O)c6ccc(O[C@H]7O[C@@H](CO)[C@H](O)[C@@H](O)[C@@H]7O)cc6)c4C(=O)C13)C=CC(C)(CCC=C(C)C)O5)C(O)(C/C=C(/C)C(=O)OC)C2=O. The minimum absolute atomic E-state index is 0.0417. The monoisotopic (exact) mass is 992 g/mol. The van der Waals surface area contributed by atoms with E-state index in [9.17, 15) is 40.4 Å². The van der Waals surface area contributed by atoms with E-state index in [0.717, 1.165) is 11.1 Å². The summed E-state index contributed by atoms with van der Waals surface area (Å²) in [5, 5.41) is 64.7. The molecule has 17 heteroatoms. The number of nitriles is 1. The zero-order valence-electron chi connectivity index (χ0n) is 42.0. The third-order valence-corrected chi connectivity index (χ3v) is 14.9. The minimum atomic E-state index is -2.50. The number of methoxy groups -OCH3 is 1. The van der Waals surface area contributed by atoms with Crippen LogP contribution in [0.15, 0.2) is 65.3 Å². The fourth-order valence-corrected chi connectivity index (χ4v) is 11.2. The smallest absolute Gasteiger partial charge is 0.343 e. The first-order chi connectivity index (χ1) is 34.0. The second-order valence-corrected chi connectivity index (χ2v) is 20.6. The number of hydrogen-bond acceptors (Lipinski definition) is 16. The molecule has 0 radical (unpaired) electrons.